The molecule has 0 unspecified atom stereocenters. The average molecular weight is 598 g/mol. The number of aldehydes is 1. The fraction of sp³-hybridized carbons (Fsp3) is 0.167. The summed E-state index contributed by atoms with van der Waals surface area (Å²) in [6.07, 6.45) is 1.23. The van der Waals surface area contributed by atoms with Crippen molar-refractivity contribution in [3.05, 3.63) is 154 Å². The lowest BCUT2D eigenvalue weighted by molar-refractivity contribution is -0.132. The molecule has 1 atom stereocenters. The normalized spacial score (nSPS) is 11.3. The van der Waals surface area contributed by atoms with Gasteiger partial charge in [-0.2, -0.15) is 0 Å². The standard InChI is InChI=1S/C29H29ClN2O.C7H5ClO/c1-22(27-13-7-11-25-10-5-6-12-28(25)27)31-19-18-29(33)32(20-23-8-3-2-4-9-23)21-24-14-16-26(30)17-15-24;8-7-3-1-6(5-9)2-4-7/h2-17,22,31H,18-21H2,1H3;1-5H/t22-;/m1./s1. The molecule has 0 saturated heterocycles. The van der Waals surface area contributed by atoms with Crippen molar-refractivity contribution in [2.24, 2.45) is 0 Å². The minimum Gasteiger partial charge on any atom is -0.334 e. The zero-order valence-corrected chi connectivity index (χ0v) is 25.1. The molecule has 0 heterocycles. The van der Waals surface area contributed by atoms with Crippen LogP contribution in [-0.4, -0.2) is 23.6 Å². The molecule has 5 rings (SSSR count). The maximum atomic E-state index is 13.2. The number of rotatable bonds is 10. The maximum Gasteiger partial charge on any atom is 0.224 e. The van der Waals surface area contributed by atoms with Gasteiger partial charge in [0.1, 0.15) is 6.29 Å². The Kier molecular flexibility index (Phi) is 11.7. The molecule has 5 aromatic carbocycles. The van der Waals surface area contributed by atoms with Gasteiger partial charge >= 0.3 is 0 Å². The molecule has 214 valence electrons. The molecule has 0 aliphatic rings. The number of hydrogen-bond donors (Lipinski definition) is 1. The van der Waals surface area contributed by atoms with Gasteiger partial charge < -0.3 is 10.2 Å². The van der Waals surface area contributed by atoms with E-state index in [0.29, 0.717) is 41.7 Å². The topological polar surface area (TPSA) is 49.4 Å². The third-order valence-electron chi connectivity index (χ3n) is 6.94. The van der Waals surface area contributed by atoms with Crippen LogP contribution in [0, 0.1) is 0 Å². The molecule has 0 spiro atoms. The van der Waals surface area contributed by atoms with Crippen LogP contribution in [0.5, 0.6) is 0 Å². The number of carbonyl (C=O) groups is 2. The lowest BCUT2D eigenvalue weighted by Crippen LogP contribution is -2.33. The molecular formula is C36H34Cl2N2O2. The molecule has 0 aliphatic heterocycles. The van der Waals surface area contributed by atoms with Gasteiger partial charge in [-0.05, 0) is 58.7 Å². The third kappa shape index (κ3) is 9.28. The zero-order chi connectivity index (χ0) is 29.7. The van der Waals surface area contributed by atoms with E-state index in [1.165, 1.54) is 16.3 Å². The second-order valence-electron chi connectivity index (χ2n) is 10.0. The van der Waals surface area contributed by atoms with Crippen molar-refractivity contribution in [2.45, 2.75) is 32.5 Å². The fourth-order valence-corrected chi connectivity index (χ4v) is 4.93. The summed E-state index contributed by atoms with van der Waals surface area (Å²) in [4.78, 5) is 25.2. The van der Waals surface area contributed by atoms with E-state index >= 15 is 0 Å². The number of hydrogen-bond acceptors (Lipinski definition) is 3. The molecule has 5 aromatic rings. The molecule has 0 saturated carbocycles. The Morgan fingerprint density at radius 1 is 0.738 bits per heavy atom. The molecule has 1 amide bonds. The van der Waals surface area contributed by atoms with Gasteiger partial charge in [-0.25, -0.2) is 0 Å². The van der Waals surface area contributed by atoms with Gasteiger partial charge in [0.2, 0.25) is 5.91 Å². The van der Waals surface area contributed by atoms with Gasteiger partial charge in [-0.1, -0.05) is 120 Å². The number of halogens is 2. The Morgan fingerprint density at radius 3 is 1.98 bits per heavy atom. The van der Waals surface area contributed by atoms with Crippen molar-refractivity contribution in [1.29, 1.82) is 0 Å². The van der Waals surface area contributed by atoms with Gasteiger partial charge in [-0.15, -0.1) is 0 Å². The highest BCUT2D eigenvalue weighted by Crippen LogP contribution is 2.24. The van der Waals surface area contributed by atoms with Crippen LogP contribution in [0.2, 0.25) is 10.0 Å². The Balaban J connectivity index is 0.000000385. The number of fused-ring (bicyclic) bond motifs is 1. The highest BCUT2D eigenvalue weighted by Gasteiger charge is 2.16. The van der Waals surface area contributed by atoms with Crippen molar-refractivity contribution in [1.82, 2.24) is 10.2 Å². The molecule has 0 aromatic heterocycles. The van der Waals surface area contributed by atoms with Gasteiger partial charge in [0.25, 0.3) is 0 Å². The van der Waals surface area contributed by atoms with Crippen molar-refractivity contribution < 1.29 is 9.59 Å². The smallest absolute Gasteiger partial charge is 0.224 e. The van der Waals surface area contributed by atoms with Crippen LogP contribution in [0.25, 0.3) is 10.8 Å². The number of amides is 1. The summed E-state index contributed by atoms with van der Waals surface area (Å²) < 4.78 is 0. The summed E-state index contributed by atoms with van der Waals surface area (Å²) in [6.45, 7) is 3.92. The van der Waals surface area contributed by atoms with Gasteiger partial charge in [0.15, 0.2) is 0 Å². The van der Waals surface area contributed by atoms with Crippen LogP contribution in [0.15, 0.2) is 121 Å². The first-order valence-electron chi connectivity index (χ1n) is 13.9. The minimum atomic E-state index is 0.131. The fourth-order valence-electron chi connectivity index (χ4n) is 4.68. The largest absolute Gasteiger partial charge is 0.334 e. The maximum absolute atomic E-state index is 13.2. The predicted octanol–water partition coefficient (Wildman–Crippen LogP) is 8.92. The average Bonchev–Trinajstić information content (AvgIpc) is 3.02. The lowest BCUT2D eigenvalue weighted by atomic mass is 9.99. The zero-order valence-electron chi connectivity index (χ0n) is 23.5. The van der Waals surface area contributed by atoms with Crippen molar-refractivity contribution in [2.75, 3.05) is 6.54 Å². The third-order valence-corrected chi connectivity index (χ3v) is 7.44. The van der Waals surface area contributed by atoms with Gasteiger partial charge in [-0.3, -0.25) is 9.59 Å². The van der Waals surface area contributed by atoms with Gasteiger partial charge in [0.05, 0.1) is 0 Å². The summed E-state index contributed by atoms with van der Waals surface area (Å²) in [5, 5.41) is 7.38. The number of benzene rings is 5. The van der Waals surface area contributed by atoms with Gasteiger partial charge in [0, 0.05) is 47.7 Å². The quantitative estimate of drug-likeness (QED) is 0.164. The molecule has 0 aliphatic carbocycles. The Morgan fingerprint density at radius 2 is 1.31 bits per heavy atom. The SMILES string of the molecule is C[C@@H](NCCC(=O)N(Cc1ccccc1)Cc1ccc(Cl)cc1)c1cccc2ccccc12.O=Cc1ccc(Cl)cc1. The Labute approximate surface area is 257 Å². The molecule has 0 bridgehead atoms. The van der Waals surface area contributed by atoms with E-state index in [-0.39, 0.29) is 11.9 Å². The summed E-state index contributed by atoms with van der Waals surface area (Å²) in [5.74, 6) is 0.131. The molecule has 4 nitrogen and oxygen atoms in total. The molecular weight excluding hydrogens is 563 g/mol. The number of carbonyl (C=O) groups excluding carboxylic acids is 2. The van der Waals surface area contributed by atoms with Crippen molar-refractivity contribution in [3.63, 3.8) is 0 Å². The van der Waals surface area contributed by atoms with E-state index in [9.17, 15) is 9.59 Å². The summed E-state index contributed by atoms with van der Waals surface area (Å²) in [5.41, 5.74) is 4.10. The van der Waals surface area contributed by atoms with Crippen molar-refractivity contribution in [3.8, 4) is 0 Å². The minimum absolute atomic E-state index is 0.131. The van der Waals surface area contributed by atoms with Crippen LogP contribution < -0.4 is 5.32 Å². The summed E-state index contributed by atoms with van der Waals surface area (Å²) in [7, 11) is 0. The molecule has 6 heteroatoms. The predicted molar refractivity (Wildman–Crippen MR) is 174 cm³/mol. The van der Waals surface area contributed by atoms with Crippen molar-refractivity contribution >= 4 is 46.2 Å². The Bertz CT molecular complexity index is 1570. The molecule has 0 radical (unpaired) electrons. The first-order chi connectivity index (χ1) is 20.4. The van der Waals surface area contributed by atoms with E-state index in [0.717, 1.165) is 17.4 Å². The number of nitrogens with one attached hydrogen (secondary N) is 1. The molecule has 42 heavy (non-hydrogen) atoms. The van der Waals surface area contributed by atoms with E-state index in [1.807, 2.05) is 47.4 Å². The van der Waals surface area contributed by atoms with Crippen LogP contribution in [0.3, 0.4) is 0 Å². The highest BCUT2D eigenvalue weighted by molar-refractivity contribution is 6.30. The van der Waals surface area contributed by atoms with E-state index < -0.39 is 0 Å². The number of nitrogens with zero attached hydrogens (tertiary/aromatic N) is 1. The summed E-state index contributed by atoms with van der Waals surface area (Å²) in [6, 6.07) is 39.5. The molecule has 1 N–H and O–H groups in total. The second-order valence-corrected chi connectivity index (χ2v) is 10.9. The van der Waals surface area contributed by atoms with E-state index in [4.69, 9.17) is 23.2 Å². The van der Waals surface area contributed by atoms with E-state index in [2.05, 4.69) is 66.8 Å². The molecule has 0 fully saturated rings. The first kappa shape index (κ1) is 31.0. The summed E-state index contributed by atoms with van der Waals surface area (Å²) >= 11 is 11.6. The van der Waals surface area contributed by atoms with E-state index in [1.54, 1.807) is 24.3 Å². The Hall–Kier alpha value is -3.96. The monoisotopic (exact) mass is 596 g/mol. The van der Waals surface area contributed by atoms with Crippen LogP contribution >= 0.6 is 23.2 Å². The van der Waals surface area contributed by atoms with Crippen LogP contribution in [-0.2, 0) is 17.9 Å². The van der Waals surface area contributed by atoms with Crippen LogP contribution in [0.1, 0.15) is 46.4 Å². The highest BCUT2D eigenvalue weighted by atomic mass is 35.5. The second kappa shape index (κ2) is 15.9. The lowest BCUT2D eigenvalue weighted by Gasteiger charge is -2.24. The van der Waals surface area contributed by atoms with Crippen LogP contribution in [0.4, 0.5) is 0 Å². The first-order valence-corrected chi connectivity index (χ1v) is 14.7.